The van der Waals surface area contributed by atoms with E-state index in [2.05, 4.69) is 103 Å². The summed E-state index contributed by atoms with van der Waals surface area (Å²) in [7, 11) is -1.11. The number of hydrogen-bond donors (Lipinski definition) is 1. The molecule has 0 aliphatic rings. The topological polar surface area (TPSA) is 20.2 Å². The van der Waals surface area contributed by atoms with Gasteiger partial charge in [0.2, 0.25) is 0 Å². The Morgan fingerprint density at radius 1 is 0.591 bits per heavy atom. The monoisotopic (exact) mass is 340 g/mol. The summed E-state index contributed by atoms with van der Waals surface area (Å²) in [5, 5.41) is 4.19. The number of rotatable bonds is 3. The maximum atomic E-state index is 7.47. The molecule has 0 atom stereocenters. The predicted octanol–water partition coefficient (Wildman–Crippen LogP) is 2.89. The molecule has 0 heterocycles. The summed E-state index contributed by atoms with van der Waals surface area (Å²) in [6.07, 6.45) is 0. The Kier molecular flexibility index (Phi) is 7.11. The van der Waals surface area contributed by atoms with E-state index < -0.39 is 16.4 Å². The second-order valence-electron chi connectivity index (χ2n) is 4.45. The maximum absolute atomic E-state index is 7.47. The first kappa shape index (κ1) is 16.7. The molecule has 1 N–H and O–H groups in total. The summed E-state index contributed by atoms with van der Waals surface area (Å²) >= 11 is 4.03. The van der Waals surface area contributed by atoms with Crippen LogP contribution in [0.4, 0.5) is 0 Å². The first-order chi connectivity index (χ1) is 10.9. The van der Waals surface area contributed by atoms with Crippen molar-refractivity contribution in [1.29, 1.82) is 0 Å². The Balaban J connectivity index is 0.000000545. The third-order valence-electron chi connectivity index (χ3n) is 3.04. The summed E-state index contributed by atoms with van der Waals surface area (Å²) < 4.78 is 0. The molecule has 3 aromatic carbocycles. The zero-order valence-corrected chi connectivity index (χ0v) is 14.9. The van der Waals surface area contributed by atoms with Crippen LogP contribution in [0, 0.1) is 0 Å². The lowest BCUT2D eigenvalue weighted by molar-refractivity contribution is 0.626. The molecule has 3 aromatic rings. The Labute approximate surface area is 139 Å². The molecule has 0 aliphatic carbocycles. The van der Waals surface area contributed by atoms with Crippen LogP contribution in [0.1, 0.15) is 0 Å². The second kappa shape index (κ2) is 9.37. The van der Waals surface area contributed by atoms with Gasteiger partial charge in [0, 0.05) is 0 Å². The SMILES string of the molecule is O[SiH]=S.c1ccc(P(c2ccccc2)c2ccccc2)cc1. The highest BCUT2D eigenvalue weighted by Crippen LogP contribution is 2.32. The first-order valence-electron chi connectivity index (χ1n) is 6.90. The van der Waals surface area contributed by atoms with Crippen molar-refractivity contribution in [1.82, 2.24) is 0 Å². The van der Waals surface area contributed by atoms with Crippen LogP contribution in [0.5, 0.6) is 0 Å². The van der Waals surface area contributed by atoms with Gasteiger partial charge in [-0.05, 0) is 23.8 Å². The first-order valence-corrected chi connectivity index (χ1v) is 10.6. The van der Waals surface area contributed by atoms with Gasteiger partial charge in [0.15, 0.2) is 0 Å². The highest BCUT2D eigenvalue weighted by Gasteiger charge is 2.14. The lowest BCUT2D eigenvalue weighted by Gasteiger charge is -2.18. The van der Waals surface area contributed by atoms with Crippen molar-refractivity contribution in [2.75, 3.05) is 0 Å². The molecule has 0 aromatic heterocycles. The van der Waals surface area contributed by atoms with E-state index in [4.69, 9.17) is 4.80 Å². The van der Waals surface area contributed by atoms with E-state index >= 15 is 0 Å². The van der Waals surface area contributed by atoms with Crippen molar-refractivity contribution in [3.8, 4) is 0 Å². The molecule has 0 aliphatic heterocycles. The van der Waals surface area contributed by atoms with Crippen LogP contribution in [-0.4, -0.2) is 13.3 Å². The van der Waals surface area contributed by atoms with Gasteiger partial charge < -0.3 is 4.80 Å². The average Bonchev–Trinajstić information content (AvgIpc) is 2.59. The van der Waals surface area contributed by atoms with Crippen LogP contribution in [0.2, 0.25) is 0 Å². The van der Waals surface area contributed by atoms with Gasteiger partial charge in [-0.1, -0.05) is 103 Å². The summed E-state index contributed by atoms with van der Waals surface area (Å²) in [5.41, 5.74) is 0. The molecular formula is C18H17OPSSi. The van der Waals surface area contributed by atoms with Gasteiger partial charge in [0.25, 0.3) is 8.47 Å². The normalized spacial score (nSPS) is 9.68. The Morgan fingerprint density at radius 2 is 0.818 bits per heavy atom. The van der Waals surface area contributed by atoms with Gasteiger partial charge in [0.1, 0.15) is 0 Å². The van der Waals surface area contributed by atoms with E-state index in [0.717, 1.165) is 0 Å². The van der Waals surface area contributed by atoms with Crippen LogP contribution < -0.4 is 15.9 Å². The zero-order valence-electron chi connectivity index (χ0n) is 12.0. The largest absolute Gasteiger partial charge is 0.560 e. The third kappa shape index (κ3) is 4.67. The molecule has 0 amide bonds. The van der Waals surface area contributed by atoms with Crippen LogP contribution in [-0.2, 0) is 0 Å². The quantitative estimate of drug-likeness (QED) is 0.584. The number of hydrogen-bond acceptors (Lipinski definition) is 1. The molecule has 0 saturated carbocycles. The molecule has 0 saturated heterocycles. The number of benzene rings is 3. The van der Waals surface area contributed by atoms with Crippen molar-refractivity contribution in [2.45, 2.75) is 0 Å². The van der Waals surface area contributed by atoms with E-state index in [1.165, 1.54) is 15.9 Å². The summed E-state index contributed by atoms with van der Waals surface area (Å²) in [4.78, 5) is 7.47. The smallest absolute Gasteiger partial charge is 0.293 e. The lowest BCUT2D eigenvalue weighted by atomic mass is 10.4. The van der Waals surface area contributed by atoms with Gasteiger partial charge in [-0.2, -0.15) is 0 Å². The van der Waals surface area contributed by atoms with E-state index in [-0.39, 0.29) is 0 Å². The molecule has 0 fully saturated rings. The Bertz CT molecular complexity index is 583. The van der Waals surface area contributed by atoms with E-state index in [9.17, 15) is 0 Å². The van der Waals surface area contributed by atoms with Gasteiger partial charge in [-0.15, -0.1) is 0 Å². The van der Waals surface area contributed by atoms with Gasteiger partial charge >= 0.3 is 0 Å². The van der Waals surface area contributed by atoms with Gasteiger partial charge in [-0.3, -0.25) is 0 Å². The fourth-order valence-corrected chi connectivity index (χ4v) is 4.48. The van der Waals surface area contributed by atoms with Crippen LogP contribution in [0.15, 0.2) is 91.0 Å². The summed E-state index contributed by atoms with van der Waals surface area (Å²) in [5.74, 6) is 0. The minimum Gasteiger partial charge on any atom is -0.560 e. The lowest BCUT2D eigenvalue weighted by Crippen LogP contribution is -2.20. The van der Waals surface area contributed by atoms with E-state index in [1.54, 1.807) is 0 Å². The van der Waals surface area contributed by atoms with Crippen LogP contribution in [0.25, 0.3) is 0 Å². The van der Waals surface area contributed by atoms with Crippen molar-refractivity contribution in [3.05, 3.63) is 91.0 Å². The molecule has 0 radical (unpaired) electrons. The Hall–Kier alpha value is -1.67. The molecule has 22 heavy (non-hydrogen) atoms. The fourth-order valence-electron chi connectivity index (χ4n) is 2.18. The molecule has 3 rings (SSSR count). The van der Waals surface area contributed by atoms with E-state index in [0.29, 0.717) is 0 Å². The molecular weight excluding hydrogens is 323 g/mol. The van der Waals surface area contributed by atoms with Crippen molar-refractivity contribution in [2.24, 2.45) is 0 Å². The molecule has 0 bridgehead atoms. The minimum absolute atomic E-state index is 0.446. The highest BCUT2D eigenvalue weighted by atomic mass is 32.2. The van der Waals surface area contributed by atoms with E-state index in [1.807, 2.05) is 0 Å². The molecule has 110 valence electrons. The van der Waals surface area contributed by atoms with Gasteiger partial charge in [-0.25, -0.2) is 0 Å². The average molecular weight is 340 g/mol. The third-order valence-corrected chi connectivity index (χ3v) is 5.49. The molecule has 0 unspecified atom stereocenters. The fraction of sp³-hybridized carbons (Fsp3) is 0. The maximum Gasteiger partial charge on any atom is 0.293 e. The minimum atomic E-state index is -0.667. The van der Waals surface area contributed by atoms with Crippen LogP contribution in [0.3, 0.4) is 0 Å². The molecule has 1 nitrogen and oxygen atoms in total. The highest BCUT2D eigenvalue weighted by molar-refractivity contribution is 7.85. The standard InChI is InChI=1S/C18H15P.H2OSSi/c1-4-10-16(11-5-1)19(17-12-6-2-7-13-17)18-14-8-3-9-15-18;1-3-2/h1-15H;1,3H. The summed E-state index contributed by atoms with van der Waals surface area (Å²) in [6, 6.07) is 32.3. The zero-order chi connectivity index (χ0) is 15.6. The van der Waals surface area contributed by atoms with Crippen molar-refractivity contribution < 1.29 is 4.80 Å². The van der Waals surface area contributed by atoms with Crippen LogP contribution >= 0.6 is 19.5 Å². The Morgan fingerprint density at radius 3 is 1.05 bits per heavy atom. The molecule has 0 spiro atoms. The summed E-state index contributed by atoms with van der Waals surface area (Å²) in [6.45, 7) is 0. The predicted molar refractivity (Wildman–Crippen MR) is 102 cm³/mol. The van der Waals surface area contributed by atoms with Crippen molar-refractivity contribution >= 4 is 43.9 Å². The van der Waals surface area contributed by atoms with Gasteiger partial charge in [0.05, 0.1) is 0 Å². The van der Waals surface area contributed by atoms with Crippen molar-refractivity contribution in [3.63, 3.8) is 0 Å². The molecule has 4 heteroatoms. The second-order valence-corrected chi connectivity index (χ2v) is 7.51.